The first-order valence-corrected chi connectivity index (χ1v) is 4.33. The van der Waals surface area contributed by atoms with Gasteiger partial charge in [0.1, 0.15) is 0 Å². The highest BCUT2D eigenvalue weighted by atomic mass is 16.7. The standard InChI is InChI=1S/C8H14N2O4/c1-3(2)8-13-4(6(9)11)5(14-8)7(10)12/h3-5,8H,1-2H3,(H2,9,11)(H2,10,12)/t4-,5-/m0/s1. The minimum absolute atomic E-state index is 0.0289. The fraction of sp³-hybridized carbons (Fsp3) is 0.750. The number of ether oxygens (including phenoxy) is 2. The average molecular weight is 202 g/mol. The number of carbonyl (C=O) groups excluding carboxylic acids is 2. The van der Waals surface area contributed by atoms with Crippen LogP contribution >= 0.6 is 0 Å². The van der Waals surface area contributed by atoms with E-state index in [0.29, 0.717) is 0 Å². The third kappa shape index (κ3) is 2.02. The Balaban J connectivity index is 2.75. The normalized spacial score (nSPS) is 28.2. The van der Waals surface area contributed by atoms with Crippen LogP contribution in [0.15, 0.2) is 0 Å². The van der Waals surface area contributed by atoms with Crippen molar-refractivity contribution >= 4 is 11.8 Å². The van der Waals surface area contributed by atoms with E-state index < -0.39 is 30.3 Å². The summed E-state index contributed by atoms with van der Waals surface area (Å²) >= 11 is 0. The summed E-state index contributed by atoms with van der Waals surface area (Å²) < 4.78 is 10.3. The topological polar surface area (TPSA) is 105 Å². The first kappa shape index (κ1) is 10.9. The number of rotatable bonds is 3. The molecule has 6 nitrogen and oxygen atoms in total. The van der Waals surface area contributed by atoms with E-state index in [1.807, 2.05) is 13.8 Å². The van der Waals surface area contributed by atoms with Crippen molar-refractivity contribution in [2.75, 3.05) is 0 Å². The second-order valence-corrected chi connectivity index (χ2v) is 3.53. The monoisotopic (exact) mass is 202 g/mol. The van der Waals surface area contributed by atoms with Gasteiger partial charge in [-0.15, -0.1) is 0 Å². The largest absolute Gasteiger partial charge is 0.367 e. The number of nitrogens with two attached hydrogens (primary N) is 2. The molecule has 0 unspecified atom stereocenters. The molecule has 0 aromatic carbocycles. The zero-order chi connectivity index (χ0) is 10.9. The van der Waals surface area contributed by atoms with E-state index in [0.717, 1.165) is 0 Å². The molecule has 2 atom stereocenters. The maximum atomic E-state index is 10.9. The molecule has 0 radical (unpaired) electrons. The van der Waals surface area contributed by atoms with Crippen molar-refractivity contribution in [2.24, 2.45) is 17.4 Å². The first-order valence-electron chi connectivity index (χ1n) is 4.33. The average Bonchev–Trinajstić information content (AvgIpc) is 2.47. The molecule has 0 saturated carbocycles. The van der Waals surface area contributed by atoms with Gasteiger partial charge in [0.25, 0.3) is 0 Å². The van der Waals surface area contributed by atoms with Crippen LogP contribution in [-0.2, 0) is 19.1 Å². The molecule has 6 heteroatoms. The van der Waals surface area contributed by atoms with Crippen molar-refractivity contribution in [1.29, 1.82) is 0 Å². The van der Waals surface area contributed by atoms with Crippen molar-refractivity contribution in [3.63, 3.8) is 0 Å². The van der Waals surface area contributed by atoms with Gasteiger partial charge in [0.2, 0.25) is 11.8 Å². The van der Waals surface area contributed by atoms with Gasteiger partial charge in [-0.25, -0.2) is 0 Å². The third-order valence-electron chi connectivity index (χ3n) is 1.94. The molecular formula is C8H14N2O4. The van der Waals surface area contributed by atoms with Gasteiger partial charge in [0.05, 0.1) is 0 Å². The lowest BCUT2D eigenvalue weighted by Gasteiger charge is -2.12. The van der Waals surface area contributed by atoms with Crippen molar-refractivity contribution in [3.8, 4) is 0 Å². The van der Waals surface area contributed by atoms with Gasteiger partial charge in [-0.3, -0.25) is 9.59 Å². The predicted molar refractivity (Wildman–Crippen MR) is 46.8 cm³/mol. The number of amides is 2. The molecule has 1 rings (SSSR count). The summed E-state index contributed by atoms with van der Waals surface area (Å²) in [6, 6.07) is 0. The van der Waals surface area contributed by atoms with Crippen molar-refractivity contribution in [1.82, 2.24) is 0 Å². The zero-order valence-corrected chi connectivity index (χ0v) is 8.10. The van der Waals surface area contributed by atoms with Gasteiger partial charge in [-0.05, 0) is 0 Å². The van der Waals surface area contributed by atoms with Crippen molar-refractivity contribution < 1.29 is 19.1 Å². The molecule has 80 valence electrons. The Bertz CT molecular complexity index is 232. The van der Waals surface area contributed by atoms with E-state index in [1.54, 1.807) is 0 Å². The Hall–Kier alpha value is -1.14. The van der Waals surface area contributed by atoms with E-state index in [9.17, 15) is 9.59 Å². The van der Waals surface area contributed by atoms with Gasteiger partial charge in [-0.1, -0.05) is 13.8 Å². The minimum atomic E-state index is -1.07. The predicted octanol–water partition coefficient (Wildman–Crippen LogP) is -1.28. The third-order valence-corrected chi connectivity index (χ3v) is 1.94. The van der Waals surface area contributed by atoms with Crippen LogP contribution in [0.3, 0.4) is 0 Å². The maximum Gasteiger partial charge on any atom is 0.249 e. The van der Waals surface area contributed by atoms with Crippen molar-refractivity contribution in [2.45, 2.75) is 32.3 Å². The van der Waals surface area contributed by atoms with E-state index in [1.165, 1.54) is 0 Å². The summed E-state index contributed by atoms with van der Waals surface area (Å²) in [5.74, 6) is -1.45. The molecule has 14 heavy (non-hydrogen) atoms. The van der Waals surface area contributed by atoms with E-state index in [-0.39, 0.29) is 5.92 Å². The van der Waals surface area contributed by atoms with Gasteiger partial charge in [0.15, 0.2) is 18.5 Å². The molecular weight excluding hydrogens is 188 g/mol. The lowest BCUT2D eigenvalue weighted by molar-refractivity contribution is -0.133. The summed E-state index contributed by atoms with van der Waals surface area (Å²) in [5.41, 5.74) is 10.1. The quantitative estimate of drug-likeness (QED) is 0.594. The van der Waals surface area contributed by atoms with E-state index >= 15 is 0 Å². The first-order chi connectivity index (χ1) is 6.43. The van der Waals surface area contributed by atoms with Gasteiger partial charge in [-0.2, -0.15) is 0 Å². The lowest BCUT2D eigenvalue weighted by atomic mass is 10.2. The summed E-state index contributed by atoms with van der Waals surface area (Å²) in [7, 11) is 0. The fourth-order valence-corrected chi connectivity index (χ4v) is 1.21. The second kappa shape index (κ2) is 3.93. The Morgan fingerprint density at radius 3 is 1.64 bits per heavy atom. The molecule has 0 spiro atoms. The summed E-state index contributed by atoms with van der Waals surface area (Å²) in [6.07, 6.45) is -2.75. The molecule has 1 fully saturated rings. The van der Waals surface area contributed by atoms with Crippen LogP contribution < -0.4 is 11.5 Å². The van der Waals surface area contributed by atoms with E-state index in [2.05, 4.69) is 0 Å². The molecule has 4 N–H and O–H groups in total. The molecule has 0 aromatic heterocycles. The van der Waals surface area contributed by atoms with Gasteiger partial charge < -0.3 is 20.9 Å². The Morgan fingerprint density at radius 2 is 1.43 bits per heavy atom. The highest BCUT2D eigenvalue weighted by Gasteiger charge is 2.44. The van der Waals surface area contributed by atoms with Crippen LogP contribution in [0.5, 0.6) is 0 Å². The smallest absolute Gasteiger partial charge is 0.249 e. The number of carbonyl (C=O) groups is 2. The highest BCUT2D eigenvalue weighted by Crippen LogP contribution is 2.23. The molecule has 0 aliphatic carbocycles. The highest BCUT2D eigenvalue weighted by molar-refractivity contribution is 5.89. The maximum absolute atomic E-state index is 10.9. The van der Waals surface area contributed by atoms with Crippen LogP contribution in [0, 0.1) is 5.92 Å². The number of hydrogen-bond acceptors (Lipinski definition) is 4. The summed E-state index contributed by atoms with van der Waals surface area (Å²) in [6.45, 7) is 3.68. The lowest BCUT2D eigenvalue weighted by Crippen LogP contribution is -2.44. The molecule has 1 aliphatic heterocycles. The van der Waals surface area contributed by atoms with Crippen LogP contribution in [0.4, 0.5) is 0 Å². The molecule has 0 aromatic rings. The molecule has 0 bridgehead atoms. The minimum Gasteiger partial charge on any atom is -0.367 e. The van der Waals surface area contributed by atoms with Crippen LogP contribution in [0.25, 0.3) is 0 Å². The SMILES string of the molecule is CC(C)C1O[C@H](C(N)=O)[C@@H](C(N)=O)O1. The van der Waals surface area contributed by atoms with Crippen molar-refractivity contribution in [3.05, 3.63) is 0 Å². The van der Waals surface area contributed by atoms with Crippen LogP contribution in [-0.4, -0.2) is 30.3 Å². The molecule has 1 saturated heterocycles. The Morgan fingerprint density at radius 1 is 1.07 bits per heavy atom. The zero-order valence-electron chi connectivity index (χ0n) is 8.10. The molecule has 1 aliphatic rings. The Kier molecular flexibility index (Phi) is 3.07. The molecule has 2 amide bonds. The van der Waals surface area contributed by atoms with Crippen LogP contribution in [0.1, 0.15) is 13.8 Å². The molecule has 1 heterocycles. The summed E-state index contributed by atoms with van der Waals surface area (Å²) in [5, 5.41) is 0. The fourth-order valence-electron chi connectivity index (χ4n) is 1.21. The van der Waals surface area contributed by atoms with Crippen LogP contribution in [0.2, 0.25) is 0 Å². The summed E-state index contributed by atoms with van der Waals surface area (Å²) in [4.78, 5) is 21.8. The second-order valence-electron chi connectivity index (χ2n) is 3.53. The van der Waals surface area contributed by atoms with E-state index in [4.69, 9.17) is 20.9 Å². The Labute approximate surface area is 81.5 Å². The van der Waals surface area contributed by atoms with Gasteiger partial charge in [0, 0.05) is 5.92 Å². The number of primary amides is 2. The number of hydrogen-bond donors (Lipinski definition) is 2. The van der Waals surface area contributed by atoms with Gasteiger partial charge >= 0.3 is 0 Å².